The van der Waals surface area contributed by atoms with Crippen LogP contribution in [0.3, 0.4) is 0 Å². The Hall–Kier alpha value is -5.22. The van der Waals surface area contributed by atoms with Crippen LogP contribution in [0.1, 0.15) is 24.1 Å². The van der Waals surface area contributed by atoms with Gasteiger partial charge in [0.25, 0.3) is 5.91 Å². The van der Waals surface area contributed by atoms with E-state index in [1.165, 1.54) is 5.56 Å². The number of benzene rings is 4. The maximum Gasteiger partial charge on any atom is 0.337 e. The Morgan fingerprint density at radius 1 is 0.898 bits per heavy atom. The molecule has 1 amide bonds. The predicted octanol–water partition coefficient (Wildman–Crippen LogP) is 6.67. The van der Waals surface area contributed by atoms with E-state index in [2.05, 4.69) is 39.8 Å². The van der Waals surface area contributed by atoms with E-state index in [1.807, 2.05) is 84.9 Å². The van der Waals surface area contributed by atoms with Gasteiger partial charge in [-0.1, -0.05) is 78.9 Å². The normalized spacial score (nSPS) is 20.6. The van der Waals surface area contributed by atoms with Crippen molar-refractivity contribution in [2.45, 2.75) is 31.2 Å². The van der Waals surface area contributed by atoms with Gasteiger partial charge in [-0.3, -0.25) is 9.69 Å². The number of ether oxygens (including phenoxy) is 4. The zero-order valence-electron chi connectivity index (χ0n) is 27.3. The van der Waals surface area contributed by atoms with Gasteiger partial charge < -0.3 is 29.6 Å². The molecular formula is C40H39N3O6. The summed E-state index contributed by atoms with van der Waals surface area (Å²) in [5.74, 6) is 0.0295. The van der Waals surface area contributed by atoms with Gasteiger partial charge in [-0.15, -0.1) is 0 Å². The summed E-state index contributed by atoms with van der Waals surface area (Å²) in [6, 6.07) is 34.1. The molecule has 3 aliphatic heterocycles. The molecule has 2 N–H and O–H groups in total. The summed E-state index contributed by atoms with van der Waals surface area (Å²) in [6.07, 6.45) is 2.97. The first-order chi connectivity index (χ1) is 24.0. The lowest BCUT2D eigenvalue weighted by molar-refractivity contribution is -0.140. The number of nitrogens with zero attached hydrogens (tertiary/aromatic N) is 1. The van der Waals surface area contributed by atoms with E-state index in [0.717, 1.165) is 44.1 Å². The first kappa shape index (κ1) is 32.3. The number of hydrogen-bond donors (Lipinski definition) is 2. The number of rotatable bonds is 12. The Kier molecular flexibility index (Phi) is 9.56. The Bertz CT molecular complexity index is 1840. The fraction of sp³-hybridized carbons (Fsp3) is 0.250. The van der Waals surface area contributed by atoms with E-state index < -0.39 is 29.6 Å². The molecule has 0 aliphatic carbocycles. The van der Waals surface area contributed by atoms with Gasteiger partial charge in [-0.05, 0) is 60.5 Å². The van der Waals surface area contributed by atoms with E-state index in [4.69, 9.17) is 18.9 Å². The van der Waals surface area contributed by atoms with Gasteiger partial charge in [0, 0.05) is 25.3 Å². The average molecular weight is 658 g/mol. The summed E-state index contributed by atoms with van der Waals surface area (Å²) in [7, 11) is 0. The number of fused-ring (bicyclic) bond motifs is 2. The van der Waals surface area contributed by atoms with E-state index in [1.54, 1.807) is 19.1 Å². The molecule has 3 aliphatic rings. The predicted molar refractivity (Wildman–Crippen MR) is 187 cm³/mol. The molecule has 1 fully saturated rings. The molecule has 9 heteroatoms. The lowest BCUT2D eigenvalue weighted by Crippen LogP contribution is -2.42. The highest BCUT2D eigenvalue weighted by Crippen LogP contribution is 2.52. The molecule has 9 nitrogen and oxygen atoms in total. The Morgan fingerprint density at radius 2 is 1.59 bits per heavy atom. The molecule has 7 rings (SSSR count). The number of carbonyl (C=O) groups is 2. The number of morpholine rings is 1. The second-order valence-corrected chi connectivity index (χ2v) is 12.1. The van der Waals surface area contributed by atoms with Crippen LogP contribution >= 0.6 is 0 Å². The molecule has 49 heavy (non-hydrogen) atoms. The maximum absolute atomic E-state index is 14.2. The molecule has 0 radical (unpaired) electrons. The summed E-state index contributed by atoms with van der Waals surface area (Å²) >= 11 is 0. The molecule has 0 aromatic heterocycles. The molecule has 250 valence electrons. The van der Waals surface area contributed by atoms with Crippen molar-refractivity contribution in [1.29, 1.82) is 0 Å². The average Bonchev–Trinajstić information content (AvgIpc) is 3.72. The van der Waals surface area contributed by atoms with E-state index in [0.29, 0.717) is 17.2 Å². The van der Waals surface area contributed by atoms with Gasteiger partial charge >= 0.3 is 5.97 Å². The van der Waals surface area contributed by atoms with Crippen LogP contribution in [0.4, 0.5) is 11.4 Å². The maximum atomic E-state index is 14.2. The number of amides is 1. The standard InChI is InChI=1S/C40H39N3O6/c1-2-47-39(45)36-35(38(44)42-32-15-9-10-16-33(32)48-31-13-7-4-8-14-31)34-21-22-40(36,49-34)37(41-30-11-5-3-6-12-30)29-19-17-28(18-20-29)27-43-23-25-46-26-24-43/h3-22,34,37,41H,2,23-27H2,1H3,(H,42,44). The van der Waals surface area contributed by atoms with Crippen LogP contribution < -0.4 is 15.4 Å². The first-order valence-electron chi connectivity index (χ1n) is 16.7. The number of esters is 1. The lowest BCUT2D eigenvalue weighted by Gasteiger charge is -2.36. The van der Waals surface area contributed by atoms with Crippen molar-refractivity contribution in [1.82, 2.24) is 4.90 Å². The zero-order valence-corrected chi connectivity index (χ0v) is 27.3. The molecule has 4 aromatic rings. The third kappa shape index (κ3) is 6.87. The number of hydrogen-bond acceptors (Lipinski definition) is 8. The molecule has 3 atom stereocenters. The van der Waals surface area contributed by atoms with Gasteiger partial charge in [0.05, 0.1) is 42.7 Å². The molecule has 0 saturated carbocycles. The van der Waals surface area contributed by atoms with Crippen molar-refractivity contribution in [2.75, 3.05) is 43.5 Å². The zero-order chi connectivity index (χ0) is 33.6. The minimum absolute atomic E-state index is 0.141. The van der Waals surface area contributed by atoms with Crippen LogP contribution in [0.5, 0.6) is 11.5 Å². The van der Waals surface area contributed by atoms with E-state index in [-0.39, 0.29) is 17.8 Å². The molecule has 0 spiro atoms. The van der Waals surface area contributed by atoms with Crippen molar-refractivity contribution < 1.29 is 28.5 Å². The minimum Gasteiger partial charge on any atom is -0.463 e. The highest BCUT2D eigenvalue weighted by molar-refractivity contribution is 6.12. The van der Waals surface area contributed by atoms with Crippen molar-refractivity contribution in [2.24, 2.45) is 0 Å². The summed E-state index contributed by atoms with van der Waals surface area (Å²) in [6.45, 7) is 5.96. The SMILES string of the molecule is CCOC(=O)C1=C(C(=O)Nc2ccccc2Oc2ccccc2)C2C=CC1(C(Nc1ccccc1)c1ccc(CN3CCOCC3)cc1)O2. The lowest BCUT2D eigenvalue weighted by atomic mass is 9.78. The third-order valence-electron chi connectivity index (χ3n) is 8.95. The van der Waals surface area contributed by atoms with Gasteiger partial charge in [0.2, 0.25) is 0 Å². The van der Waals surface area contributed by atoms with Gasteiger partial charge in [-0.2, -0.15) is 0 Å². The second-order valence-electron chi connectivity index (χ2n) is 12.1. The number of carbonyl (C=O) groups excluding carboxylic acids is 2. The largest absolute Gasteiger partial charge is 0.463 e. The van der Waals surface area contributed by atoms with Crippen molar-refractivity contribution in [3.8, 4) is 11.5 Å². The van der Waals surface area contributed by atoms with Crippen LogP contribution in [-0.2, 0) is 30.3 Å². The van der Waals surface area contributed by atoms with Gasteiger partial charge in [0.15, 0.2) is 5.75 Å². The Balaban J connectivity index is 1.25. The van der Waals surface area contributed by atoms with Crippen molar-refractivity contribution in [3.05, 3.63) is 144 Å². The van der Waals surface area contributed by atoms with Crippen LogP contribution in [0.15, 0.2) is 132 Å². The molecule has 3 unspecified atom stereocenters. The number of anilines is 2. The highest BCUT2D eigenvalue weighted by atomic mass is 16.5. The quantitative estimate of drug-likeness (QED) is 0.129. The molecule has 4 aromatic carbocycles. The smallest absolute Gasteiger partial charge is 0.337 e. The number of nitrogens with one attached hydrogen (secondary N) is 2. The summed E-state index contributed by atoms with van der Waals surface area (Å²) in [4.78, 5) is 30.6. The fourth-order valence-corrected chi connectivity index (χ4v) is 6.63. The van der Waals surface area contributed by atoms with Crippen LogP contribution in [0.2, 0.25) is 0 Å². The van der Waals surface area contributed by atoms with E-state index in [9.17, 15) is 9.59 Å². The minimum atomic E-state index is -1.33. The Labute approximate surface area is 286 Å². The summed E-state index contributed by atoms with van der Waals surface area (Å²) in [5.41, 5.74) is 2.42. The van der Waals surface area contributed by atoms with E-state index >= 15 is 0 Å². The highest BCUT2D eigenvalue weighted by Gasteiger charge is 2.58. The Morgan fingerprint density at radius 3 is 2.33 bits per heavy atom. The molecular weight excluding hydrogens is 618 g/mol. The third-order valence-corrected chi connectivity index (χ3v) is 8.95. The van der Waals surface area contributed by atoms with Crippen molar-refractivity contribution in [3.63, 3.8) is 0 Å². The number of para-hydroxylation sites is 4. The van der Waals surface area contributed by atoms with Crippen LogP contribution in [0.25, 0.3) is 0 Å². The first-order valence-corrected chi connectivity index (χ1v) is 16.7. The monoisotopic (exact) mass is 657 g/mol. The fourth-order valence-electron chi connectivity index (χ4n) is 6.63. The van der Waals surface area contributed by atoms with Gasteiger partial charge in [0.1, 0.15) is 17.5 Å². The molecule has 3 heterocycles. The van der Waals surface area contributed by atoms with Gasteiger partial charge in [-0.25, -0.2) is 4.79 Å². The molecule has 2 bridgehead atoms. The van der Waals surface area contributed by atoms with Crippen LogP contribution in [-0.4, -0.2) is 61.4 Å². The molecule has 1 saturated heterocycles. The summed E-state index contributed by atoms with van der Waals surface area (Å²) < 4.78 is 24.0. The van der Waals surface area contributed by atoms with Crippen LogP contribution in [0, 0.1) is 0 Å². The topological polar surface area (TPSA) is 98.4 Å². The summed E-state index contributed by atoms with van der Waals surface area (Å²) in [5, 5.41) is 6.63. The van der Waals surface area contributed by atoms with Crippen molar-refractivity contribution >= 4 is 23.3 Å². The second kappa shape index (κ2) is 14.5.